The van der Waals surface area contributed by atoms with Gasteiger partial charge >= 0.3 is 0 Å². The smallest absolute Gasteiger partial charge is 0.159 e. The summed E-state index contributed by atoms with van der Waals surface area (Å²) in [5.41, 5.74) is 8.75. The number of nitriles is 1. The van der Waals surface area contributed by atoms with Crippen LogP contribution in [0.5, 0.6) is 0 Å². The molecular formula is C37H21N3O. The molecule has 9 rings (SSSR count). The molecule has 0 aliphatic heterocycles. The highest BCUT2D eigenvalue weighted by Gasteiger charge is 2.21. The van der Waals surface area contributed by atoms with Crippen LogP contribution in [-0.4, -0.2) is 9.13 Å². The molecule has 3 aromatic heterocycles. The summed E-state index contributed by atoms with van der Waals surface area (Å²) in [5, 5.41) is 16.5. The highest BCUT2D eigenvalue weighted by atomic mass is 16.3. The number of aromatic nitrogens is 2. The zero-order valence-corrected chi connectivity index (χ0v) is 21.9. The third kappa shape index (κ3) is 2.87. The Hall–Kier alpha value is -5.79. The van der Waals surface area contributed by atoms with Crippen molar-refractivity contribution in [2.45, 2.75) is 0 Å². The highest BCUT2D eigenvalue weighted by molar-refractivity contribution is 6.17. The summed E-state index contributed by atoms with van der Waals surface area (Å²) >= 11 is 0. The number of hydrogen-bond donors (Lipinski definition) is 0. The van der Waals surface area contributed by atoms with Crippen molar-refractivity contribution in [3.63, 3.8) is 0 Å². The van der Waals surface area contributed by atoms with Gasteiger partial charge in [0.15, 0.2) is 5.58 Å². The Balaban J connectivity index is 1.42. The van der Waals surface area contributed by atoms with Crippen molar-refractivity contribution in [2.75, 3.05) is 0 Å². The summed E-state index contributed by atoms with van der Waals surface area (Å²) in [4.78, 5) is 0. The average molecular weight is 524 g/mol. The Kier molecular flexibility index (Phi) is 4.37. The topological polar surface area (TPSA) is 46.8 Å². The van der Waals surface area contributed by atoms with Crippen LogP contribution in [0.25, 0.3) is 76.9 Å². The van der Waals surface area contributed by atoms with Crippen molar-refractivity contribution < 1.29 is 4.42 Å². The lowest BCUT2D eigenvalue weighted by Gasteiger charge is -2.10. The Bertz CT molecular complexity index is 2500. The maximum absolute atomic E-state index is 9.95. The third-order valence-electron chi connectivity index (χ3n) is 8.36. The first-order chi connectivity index (χ1) is 20.3. The van der Waals surface area contributed by atoms with E-state index in [9.17, 15) is 5.26 Å². The molecule has 0 aliphatic carbocycles. The second kappa shape index (κ2) is 8.11. The van der Waals surface area contributed by atoms with Crippen LogP contribution in [0.3, 0.4) is 0 Å². The molecule has 0 saturated carbocycles. The van der Waals surface area contributed by atoms with Crippen LogP contribution in [0.4, 0.5) is 0 Å². The number of nitrogens with zero attached hydrogens (tertiary/aromatic N) is 3. The summed E-state index contributed by atoms with van der Waals surface area (Å²) in [6.07, 6.45) is 0. The summed E-state index contributed by atoms with van der Waals surface area (Å²) in [6, 6.07) is 46.4. The fourth-order valence-corrected chi connectivity index (χ4v) is 6.73. The van der Waals surface area contributed by atoms with E-state index in [1.54, 1.807) is 0 Å². The Labute approximate surface area is 234 Å². The van der Waals surface area contributed by atoms with Crippen LogP contribution >= 0.6 is 0 Å². The molecular weight excluding hydrogens is 502 g/mol. The number of hydrogen-bond acceptors (Lipinski definition) is 2. The van der Waals surface area contributed by atoms with E-state index in [2.05, 4.69) is 118 Å². The first-order valence-electron chi connectivity index (χ1n) is 13.7. The van der Waals surface area contributed by atoms with Gasteiger partial charge in [0.1, 0.15) is 5.58 Å². The molecule has 0 amide bonds. The lowest BCUT2D eigenvalue weighted by atomic mass is 10.1. The standard InChI is InChI=1S/C37H21N3O/c38-22-23-10-7-18-31-35(23)26-13-3-6-17-30(26)40(31)32-19-9-21-34-36(32)27-14-8-20-33(37(27)41-34)39-28-15-4-1-11-24(28)25-12-2-5-16-29(25)39/h1-21H. The molecule has 0 fully saturated rings. The van der Waals surface area contributed by atoms with Gasteiger partial charge in [-0.15, -0.1) is 0 Å². The minimum Gasteiger partial charge on any atom is -0.454 e. The van der Waals surface area contributed by atoms with Crippen molar-refractivity contribution in [2.24, 2.45) is 0 Å². The molecule has 0 N–H and O–H groups in total. The van der Waals surface area contributed by atoms with Crippen LogP contribution in [0.1, 0.15) is 5.56 Å². The molecule has 41 heavy (non-hydrogen) atoms. The van der Waals surface area contributed by atoms with E-state index in [0.29, 0.717) is 5.56 Å². The van der Waals surface area contributed by atoms with Crippen LogP contribution in [-0.2, 0) is 0 Å². The summed E-state index contributed by atoms with van der Waals surface area (Å²) in [6.45, 7) is 0. The Morgan fingerprint density at radius 2 is 1.00 bits per heavy atom. The van der Waals surface area contributed by atoms with Gasteiger partial charge in [-0.1, -0.05) is 78.9 Å². The number of para-hydroxylation sites is 4. The number of furan rings is 1. The van der Waals surface area contributed by atoms with E-state index in [1.165, 1.54) is 10.8 Å². The van der Waals surface area contributed by atoms with Gasteiger partial charge in [0.2, 0.25) is 0 Å². The van der Waals surface area contributed by atoms with E-state index in [0.717, 1.165) is 66.2 Å². The normalized spacial score (nSPS) is 11.9. The molecule has 6 aromatic carbocycles. The maximum Gasteiger partial charge on any atom is 0.159 e. The van der Waals surface area contributed by atoms with E-state index >= 15 is 0 Å². The lowest BCUT2D eigenvalue weighted by Crippen LogP contribution is -1.95. The molecule has 9 aromatic rings. The molecule has 4 heteroatoms. The summed E-state index contributed by atoms with van der Waals surface area (Å²) in [7, 11) is 0. The fourth-order valence-electron chi connectivity index (χ4n) is 6.73. The van der Waals surface area contributed by atoms with Crippen molar-refractivity contribution in [3.05, 3.63) is 133 Å². The number of benzene rings is 6. The quantitative estimate of drug-likeness (QED) is 0.226. The molecule has 4 nitrogen and oxygen atoms in total. The molecule has 190 valence electrons. The first kappa shape index (κ1) is 22.1. The molecule has 0 spiro atoms. The van der Waals surface area contributed by atoms with Crippen molar-refractivity contribution >= 4 is 65.6 Å². The largest absolute Gasteiger partial charge is 0.454 e. The lowest BCUT2D eigenvalue weighted by molar-refractivity contribution is 0.666. The molecule has 0 radical (unpaired) electrons. The molecule has 0 aliphatic rings. The predicted octanol–water partition coefficient (Wildman–Crippen LogP) is 9.65. The molecule has 0 bridgehead atoms. The summed E-state index contributed by atoms with van der Waals surface area (Å²) in [5.74, 6) is 0. The summed E-state index contributed by atoms with van der Waals surface area (Å²) < 4.78 is 11.3. The second-order valence-corrected chi connectivity index (χ2v) is 10.4. The van der Waals surface area contributed by atoms with Gasteiger partial charge < -0.3 is 13.6 Å². The molecule has 0 unspecified atom stereocenters. The van der Waals surface area contributed by atoms with Gasteiger partial charge in [-0.25, -0.2) is 0 Å². The van der Waals surface area contributed by atoms with Crippen LogP contribution in [0.2, 0.25) is 0 Å². The molecule has 0 saturated heterocycles. The number of rotatable bonds is 2. The van der Waals surface area contributed by atoms with E-state index in [1.807, 2.05) is 24.3 Å². The molecule has 3 heterocycles. The van der Waals surface area contributed by atoms with Crippen LogP contribution in [0.15, 0.2) is 132 Å². The van der Waals surface area contributed by atoms with Gasteiger partial charge in [-0.05, 0) is 48.5 Å². The average Bonchev–Trinajstić information content (AvgIpc) is 3.69. The van der Waals surface area contributed by atoms with E-state index < -0.39 is 0 Å². The highest BCUT2D eigenvalue weighted by Crippen LogP contribution is 2.42. The van der Waals surface area contributed by atoms with E-state index in [4.69, 9.17) is 4.42 Å². The third-order valence-corrected chi connectivity index (χ3v) is 8.36. The van der Waals surface area contributed by atoms with Gasteiger partial charge in [0.05, 0.1) is 50.5 Å². The predicted molar refractivity (Wildman–Crippen MR) is 167 cm³/mol. The minimum absolute atomic E-state index is 0.676. The minimum atomic E-state index is 0.676. The van der Waals surface area contributed by atoms with Gasteiger partial charge in [-0.3, -0.25) is 0 Å². The van der Waals surface area contributed by atoms with Crippen molar-refractivity contribution in [3.8, 4) is 17.4 Å². The van der Waals surface area contributed by atoms with Gasteiger partial charge in [0, 0.05) is 26.9 Å². The maximum atomic E-state index is 9.95. The van der Waals surface area contributed by atoms with Crippen LogP contribution in [0, 0.1) is 11.3 Å². The van der Waals surface area contributed by atoms with Crippen molar-refractivity contribution in [1.29, 1.82) is 5.26 Å². The van der Waals surface area contributed by atoms with Gasteiger partial charge in [0.25, 0.3) is 0 Å². The zero-order chi connectivity index (χ0) is 27.1. The van der Waals surface area contributed by atoms with E-state index in [-0.39, 0.29) is 0 Å². The van der Waals surface area contributed by atoms with Crippen LogP contribution < -0.4 is 0 Å². The first-order valence-corrected chi connectivity index (χ1v) is 13.7. The monoisotopic (exact) mass is 523 g/mol. The van der Waals surface area contributed by atoms with Gasteiger partial charge in [-0.2, -0.15) is 5.26 Å². The number of fused-ring (bicyclic) bond motifs is 9. The zero-order valence-electron chi connectivity index (χ0n) is 21.9. The SMILES string of the molecule is N#Cc1cccc2c1c1ccccc1n2-c1cccc2oc3c(-n4c5ccccc5c5ccccc54)cccc3c12. The van der Waals surface area contributed by atoms with Crippen molar-refractivity contribution in [1.82, 2.24) is 9.13 Å². The fraction of sp³-hybridized carbons (Fsp3) is 0. The molecule has 0 atom stereocenters. The second-order valence-electron chi connectivity index (χ2n) is 10.4. The Morgan fingerprint density at radius 3 is 1.73 bits per heavy atom. The Morgan fingerprint density at radius 1 is 0.463 bits per heavy atom.